The summed E-state index contributed by atoms with van der Waals surface area (Å²) >= 11 is 0. The fourth-order valence-corrected chi connectivity index (χ4v) is 0.905. The molecule has 2 rings (SSSR count). The molecule has 0 spiro atoms. The third kappa shape index (κ3) is 2.98. The van der Waals surface area contributed by atoms with Gasteiger partial charge in [-0.3, -0.25) is 0 Å². The average Bonchev–Trinajstić information content (AvgIpc) is 2.49. The molecule has 0 aromatic heterocycles. The normalized spacial score (nSPS) is 34.0. The molecule has 3 heteroatoms. The third-order valence-electron chi connectivity index (χ3n) is 1.71. The lowest BCUT2D eigenvalue weighted by atomic mass is 10.5. The molecule has 54 valence electrons. The zero-order valence-electron chi connectivity index (χ0n) is 6.09. The van der Waals surface area contributed by atoms with Gasteiger partial charge in [0.2, 0.25) is 0 Å². The quantitative estimate of drug-likeness (QED) is 0.522. The van der Waals surface area contributed by atoms with Gasteiger partial charge in [-0.25, -0.2) is 0 Å². The lowest BCUT2D eigenvalue weighted by molar-refractivity contribution is 0.309. The fraction of sp³-hybridized carbons (Fsp3) is 1.00. The Morgan fingerprint density at radius 2 is 1.44 bits per heavy atom. The highest BCUT2D eigenvalue weighted by Crippen LogP contribution is 2.62. The van der Waals surface area contributed by atoms with E-state index >= 15 is 0 Å². The highest BCUT2D eigenvalue weighted by atomic mass is 28.3. The molecular weight excluding hydrogens is 132 g/mol. The lowest BCUT2D eigenvalue weighted by Gasteiger charge is -1.86. The van der Waals surface area contributed by atoms with E-state index in [-0.39, 0.29) is 0 Å². The Morgan fingerprint density at radius 1 is 1.11 bits per heavy atom. The zero-order valence-corrected chi connectivity index (χ0v) is 7.51. The molecule has 2 saturated carbocycles. The van der Waals surface area contributed by atoms with Gasteiger partial charge in [-0.05, 0) is 24.7 Å². The summed E-state index contributed by atoms with van der Waals surface area (Å²) < 4.78 is 9.22. The van der Waals surface area contributed by atoms with Crippen molar-refractivity contribution in [3.63, 3.8) is 0 Å². The minimum Gasteiger partial charge on any atom is -0.402 e. The molecule has 2 nitrogen and oxygen atoms in total. The van der Waals surface area contributed by atoms with Gasteiger partial charge in [0, 0.05) is 14.2 Å². The van der Waals surface area contributed by atoms with Gasteiger partial charge in [0.15, 0.2) is 0 Å². The molecule has 0 saturated heterocycles. The van der Waals surface area contributed by atoms with Crippen LogP contribution >= 0.6 is 0 Å². The summed E-state index contributed by atoms with van der Waals surface area (Å²) in [6.45, 7) is 0. The van der Waals surface area contributed by atoms with Crippen LogP contribution in [0, 0.1) is 11.8 Å². The van der Waals surface area contributed by atoms with E-state index in [1.807, 2.05) is 0 Å². The van der Waals surface area contributed by atoms with Crippen LogP contribution in [-0.4, -0.2) is 24.2 Å². The van der Waals surface area contributed by atoms with Gasteiger partial charge in [-0.2, -0.15) is 0 Å². The molecular formula is C6H14O2Si. The van der Waals surface area contributed by atoms with E-state index in [1.54, 1.807) is 27.1 Å². The Labute approximate surface area is 58.6 Å². The van der Waals surface area contributed by atoms with Gasteiger partial charge in [-0.15, -0.1) is 0 Å². The second-order valence-electron chi connectivity index (χ2n) is 2.69. The molecule has 0 aromatic carbocycles. The van der Waals surface area contributed by atoms with Crippen molar-refractivity contribution in [1.82, 2.24) is 0 Å². The summed E-state index contributed by atoms with van der Waals surface area (Å²) in [7, 11) is 2.73. The molecule has 9 heavy (non-hydrogen) atoms. The van der Waals surface area contributed by atoms with Crippen LogP contribution in [0.15, 0.2) is 0 Å². The number of hydrogen-bond acceptors (Lipinski definition) is 2. The Hall–Kier alpha value is 0.137. The molecule has 0 radical (unpaired) electrons. The standard InChI is InChI=1S/C4H6.C2H8O2Si/c1-3-2-4(1)3;1-3-5-4-2/h3-4H,1-2H2;5H2,1-2H3. The third-order valence-corrected chi connectivity index (χ3v) is 2.18. The molecule has 2 aliphatic carbocycles. The maximum Gasteiger partial charge on any atom is 0.303 e. The van der Waals surface area contributed by atoms with E-state index in [9.17, 15) is 0 Å². The predicted molar refractivity (Wildman–Crippen MR) is 38.8 cm³/mol. The van der Waals surface area contributed by atoms with Crippen LogP contribution in [0.25, 0.3) is 0 Å². The first kappa shape index (κ1) is 7.25. The van der Waals surface area contributed by atoms with E-state index in [4.69, 9.17) is 0 Å². The molecule has 2 aliphatic rings. The Kier molecular flexibility index (Phi) is 2.69. The summed E-state index contributed by atoms with van der Waals surface area (Å²) in [4.78, 5) is 0. The zero-order chi connectivity index (χ0) is 6.69. The first-order valence-corrected chi connectivity index (χ1v) is 4.51. The van der Waals surface area contributed by atoms with Crippen molar-refractivity contribution in [2.45, 2.75) is 12.8 Å². The molecule has 0 amide bonds. The van der Waals surface area contributed by atoms with Crippen LogP contribution in [0.2, 0.25) is 0 Å². The highest BCUT2D eigenvalue weighted by Gasteiger charge is 2.52. The minimum atomic E-state index is -0.568. The molecule has 0 atom stereocenters. The first-order valence-electron chi connectivity index (χ1n) is 3.36. The molecule has 0 aliphatic heterocycles. The van der Waals surface area contributed by atoms with Crippen molar-refractivity contribution in [1.29, 1.82) is 0 Å². The largest absolute Gasteiger partial charge is 0.402 e. The van der Waals surface area contributed by atoms with Gasteiger partial charge < -0.3 is 8.85 Å². The minimum absolute atomic E-state index is 0.568. The van der Waals surface area contributed by atoms with E-state index < -0.39 is 10.0 Å². The Balaban J connectivity index is 0.0000000900. The van der Waals surface area contributed by atoms with Crippen LogP contribution in [0.4, 0.5) is 0 Å². The Bertz CT molecular complexity index is 73.1. The Morgan fingerprint density at radius 3 is 1.44 bits per heavy atom. The summed E-state index contributed by atoms with van der Waals surface area (Å²) in [5, 5.41) is 0. The van der Waals surface area contributed by atoms with Crippen LogP contribution in [-0.2, 0) is 8.85 Å². The maximum atomic E-state index is 4.61. The summed E-state index contributed by atoms with van der Waals surface area (Å²) in [6.07, 6.45) is 3.17. The van der Waals surface area contributed by atoms with Gasteiger partial charge in [0.1, 0.15) is 0 Å². The van der Waals surface area contributed by atoms with Crippen molar-refractivity contribution in [3.8, 4) is 0 Å². The molecule has 0 N–H and O–H groups in total. The van der Waals surface area contributed by atoms with Gasteiger partial charge >= 0.3 is 10.0 Å². The topological polar surface area (TPSA) is 18.5 Å². The van der Waals surface area contributed by atoms with E-state index in [2.05, 4.69) is 8.85 Å². The predicted octanol–water partition coefficient (Wildman–Crippen LogP) is 0.304. The summed E-state index contributed by atoms with van der Waals surface area (Å²) in [6, 6.07) is 0. The van der Waals surface area contributed by atoms with Crippen molar-refractivity contribution in [3.05, 3.63) is 0 Å². The van der Waals surface area contributed by atoms with Gasteiger partial charge in [-0.1, -0.05) is 0 Å². The highest BCUT2D eigenvalue weighted by molar-refractivity contribution is 6.17. The molecule has 0 aromatic rings. The summed E-state index contributed by atoms with van der Waals surface area (Å²) in [5.74, 6) is 2.50. The van der Waals surface area contributed by atoms with Gasteiger partial charge in [0.25, 0.3) is 0 Å². The van der Waals surface area contributed by atoms with Gasteiger partial charge in [0.05, 0.1) is 0 Å². The van der Waals surface area contributed by atoms with E-state index in [0.717, 1.165) is 0 Å². The second-order valence-corrected chi connectivity index (χ2v) is 4.08. The number of hydrogen-bond donors (Lipinski definition) is 0. The van der Waals surface area contributed by atoms with Crippen molar-refractivity contribution in [2.75, 3.05) is 14.2 Å². The number of rotatable bonds is 2. The smallest absolute Gasteiger partial charge is 0.303 e. The van der Waals surface area contributed by atoms with Crippen LogP contribution in [0.3, 0.4) is 0 Å². The van der Waals surface area contributed by atoms with Crippen molar-refractivity contribution < 1.29 is 8.85 Å². The van der Waals surface area contributed by atoms with E-state index in [1.165, 1.54) is 11.8 Å². The van der Waals surface area contributed by atoms with E-state index in [0.29, 0.717) is 0 Å². The molecule has 2 fully saturated rings. The van der Waals surface area contributed by atoms with Crippen molar-refractivity contribution in [2.24, 2.45) is 11.8 Å². The SMILES string of the molecule is C1C2CC12.CO[SiH2]OC. The first-order chi connectivity index (χ1) is 4.38. The molecule has 0 unspecified atom stereocenters. The molecule has 0 bridgehead atoms. The van der Waals surface area contributed by atoms with Crippen LogP contribution < -0.4 is 0 Å². The second kappa shape index (κ2) is 3.34. The average molecular weight is 146 g/mol. The lowest BCUT2D eigenvalue weighted by Crippen LogP contribution is -1.93. The maximum absolute atomic E-state index is 4.61. The van der Waals surface area contributed by atoms with Crippen LogP contribution in [0.1, 0.15) is 12.8 Å². The van der Waals surface area contributed by atoms with Crippen molar-refractivity contribution >= 4 is 10.0 Å². The number of fused-ring (bicyclic) bond motifs is 1. The molecule has 0 heterocycles. The fourth-order valence-electron chi connectivity index (χ4n) is 0.669. The van der Waals surface area contributed by atoms with Crippen LogP contribution in [0.5, 0.6) is 0 Å². The monoisotopic (exact) mass is 146 g/mol. The summed E-state index contributed by atoms with van der Waals surface area (Å²) in [5.41, 5.74) is 0.